The Labute approximate surface area is 164 Å². The van der Waals surface area contributed by atoms with Gasteiger partial charge in [0.1, 0.15) is 5.82 Å². The molecule has 1 aliphatic carbocycles. The first kappa shape index (κ1) is 19.0. The van der Waals surface area contributed by atoms with Crippen LogP contribution in [0.4, 0.5) is 11.8 Å². The minimum atomic E-state index is 0.482. The standard InChI is InChI=1S/C22H37N5/c1-18(19-9-5-4-6-10-19)27-16-12-20(17-27)24-22-23-13-11-21(25-22)26-14-7-2-3-8-15-26/h11,13,18-20H,2-10,12,14-17H2,1H3,(H,23,24,25). The number of likely N-dealkylation sites (tertiary alicyclic amines) is 1. The smallest absolute Gasteiger partial charge is 0.224 e. The van der Waals surface area contributed by atoms with E-state index < -0.39 is 0 Å². The molecule has 1 aromatic heterocycles. The topological polar surface area (TPSA) is 44.3 Å². The maximum atomic E-state index is 4.85. The average Bonchev–Trinajstić information content (AvgIpc) is 3.00. The van der Waals surface area contributed by atoms with Crippen molar-refractivity contribution in [2.45, 2.75) is 83.2 Å². The van der Waals surface area contributed by atoms with E-state index in [1.165, 1.54) is 70.8 Å². The van der Waals surface area contributed by atoms with Gasteiger partial charge in [-0.1, -0.05) is 32.1 Å². The zero-order chi connectivity index (χ0) is 18.5. The molecular formula is C22H37N5. The molecule has 3 heterocycles. The SMILES string of the molecule is CC(C1CCCCC1)N1CCC(Nc2nccc(N3CCCCCC3)n2)C1. The van der Waals surface area contributed by atoms with Crippen LogP contribution >= 0.6 is 0 Å². The fraction of sp³-hybridized carbons (Fsp3) is 0.818. The van der Waals surface area contributed by atoms with Crippen LogP contribution in [-0.2, 0) is 0 Å². The Hall–Kier alpha value is -1.36. The summed E-state index contributed by atoms with van der Waals surface area (Å²) in [5.74, 6) is 2.81. The van der Waals surface area contributed by atoms with Gasteiger partial charge in [-0.15, -0.1) is 0 Å². The van der Waals surface area contributed by atoms with Gasteiger partial charge in [-0.3, -0.25) is 4.90 Å². The quantitative estimate of drug-likeness (QED) is 0.835. The van der Waals surface area contributed by atoms with Crippen molar-refractivity contribution in [3.05, 3.63) is 12.3 Å². The van der Waals surface area contributed by atoms with Crippen LogP contribution in [-0.4, -0.2) is 53.1 Å². The Kier molecular flexibility index (Phi) is 6.48. The average molecular weight is 372 g/mol. The van der Waals surface area contributed by atoms with Gasteiger partial charge >= 0.3 is 0 Å². The van der Waals surface area contributed by atoms with Crippen LogP contribution in [0.5, 0.6) is 0 Å². The molecule has 5 heteroatoms. The maximum Gasteiger partial charge on any atom is 0.224 e. The minimum absolute atomic E-state index is 0.482. The van der Waals surface area contributed by atoms with E-state index in [1.807, 2.05) is 6.20 Å². The fourth-order valence-electron chi connectivity index (χ4n) is 5.27. The molecule has 2 aliphatic heterocycles. The molecule has 4 rings (SSSR count). The number of anilines is 2. The van der Waals surface area contributed by atoms with Crippen LogP contribution in [0.2, 0.25) is 0 Å². The second-order valence-corrected chi connectivity index (χ2v) is 8.90. The second kappa shape index (κ2) is 9.22. The van der Waals surface area contributed by atoms with E-state index in [1.54, 1.807) is 0 Å². The number of aromatic nitrogens is 2. The minimum Gasteiger partial charge on any atom is -0.356 e. The molecule has 2 saturated heterocycles. The highest BCUT2D eigenvalue weighted by Crippen LogP contribution is 2.30. The number of hydrogen-bond donors (Lipinski definition) is 1. The van der Waals surface area contributed by atoms with Crippen molar-refractivity contribution < 1.29 is 0 Å². The summed E-state index contributed by atoms with van der Waals surface area (Å²) >= 11 is 0. The van der Waals surface area contributed by atoms with Crippen molar-refractivity contribution in [2.24, 2.45) is 5.92 Å². The first-order valence-corrected chi connectivity index (χ1v) is 11.4. The predicted molar refractivity (Wildman–Crippen MR) is 112 cm³/mol. The van der Waals surface area contributed by atoms with E-state index in [2.05, 4.69) is 33.1 Å². The monoisotopic (exact) mass is 371 g/mol. The van der Waals surface area contributed by atoms with Crippen molar-refractivity contribution in [3.8, 4) is 0 Å². The van der Waals surface area contributed by atoms with Crippen molar-refractivity contribution in [3.63, 3.8) is 0 Å². The van der Waals surface area contributed by atoms with E-state index in [0.29, 0.717) is 6.04 Å². The van der Waals surface area contributed by atoms with Gasteiger partial charge in [0.2, 0.25) is 5.95 Å². The van der Waals surface area contributed by atoms with Crippen LogP contribution in [0.3, 0.4) is 0 Å². The lowest BCUT2D eigenvalue weighted by Crippen LogP contribution is -2.39. The summed E-state index contributed by atoms with van der Waals surface area (Å²) in [7, 11) is 0. The molecule has 5 nitrogen and oxygen atoms in total. The highest BCUT2D eigenvalue weighted by molar-refractivity contribution is 5.43. The van der Waals surface area contributed by atoms with Gasteiger partial charge in [-0.2, -0.15) is 4.98 Å². The Bertz CT molecular complexity index is 578. The molecular weight excluding hydrogens is 334 g/mol. The summed E-state index contributed by atoms with van der Waals surface area (Å²) in [6.07, 6.45) is 15.6. The summed E-state index contributed by atoms with van der Waals surface area (Å²) in [6.45, 7) is 7.06. The first-order chi connectivity index (χ1) is 13.3. The maximum absolute atomic E-state index is 4.85. The highest BCUT2D eigenvalue weighted by atomic mass is 15.3. The molecule has 0 spiro atoms. The van der Waals surface area contributed by atoms with Crippen LogP contribution in [0.1, 0.15) is 71.1 Å². The predicted octanol–water partition coefficient (Wildman–Crippen LogP) is 4.31. The van der Waals surface area contributed by atoms with E-state index in [4.69, 9.17) is 4.98 Å². The van der Waals surface area contributed by atoms with E-state index in [0.717, 1.165) is 43.4 Å². The summed E-state index contributed by atoms with van der Waals surface area (Å²) in [5.41, 5.74) is 0. The van der Waals surface area contributed by atoms with Crippen molar-refractivity contribution in [1.29, 1.82) is 0 Å². The molecule has 0 bridgehead atoms. The lowest BCUT2D eigenvalue weighted by molar-refractivity contribution is 0.156. The molecule has 2 unspecified atom stereocenters. The van der Waals surface area contributed by atoms with E-state index in [-0.39, 0.29) is 0 Å². The van der Waals surface area contributed by atoms with Crippen molar-refractivity contribution in [1.82, 2.24) is 14.9 Å². The van der Waals surface area contributed by atoms with Crippen LogP contribution in [0.25, 0.3) is 0 Å². The van der Waals surface area contributed by atoms with Gasteiger partial charge in [0.05, 0.1) is 0 Å². The van der Waals surface area contributed by atoms with Gasteiger partial charge in [-0.25, -0.2) is 4.98 Å². The third kappa shape index (κ3) is 4.92. The van der Waals surface area contributed by atoms with Crippen molar-refractivity contribution in [2.75, 3.05) is 36.4 Å². The van der Waals surface area contributed by atoms with E-state index in [9.17, 15) is 0 Å². The Balaban J connectivity index is 1.32. The zero-order valence-corrected chi connectivity index (χ0v) is 17.1. The highest BCUT2D eigenvalue weighted by Gasteiger charge is 2.31. The van der Waals surface area contributed by atoms with Gasteiger partial charge in [0.25, 0.3) is 0 Å². The van der Waals surface area contributed by atoms with Gasteiger partial charge in [0, 0.05) is 44.5 Å². The zero-order valence-electron chi connectivity index (χ0n) is 17.1. The Morgan fingerprint density at radius 3 is 2.48 bits per heavy atom. The second-order valence-electron chi connectivity index (χ2n) is 8.90. The molecule has 2 atom stereocenters. The molecule has 1 N–H and O–H groups in total. The molecule has 27 heavy (non-hydrogen) atoms. The summed E-state index contributed by atoms with van der Waals surface area (Å²) < 4.78 is 0. The first-order valence-electron chi connectivity index (χ1n) is 11.4. The number of nitrogens with zero attached hydrogens (tertiary/aromatic N) is 4. The molecule has 3 aliphatic rings. The van der Waals surface area contributed by atoms with Gasteiger partial charge < -0.3 is 10.2 Å². The summed E-state index contributed by atoms with van der Waals surface area (Å²) in [4.78, 5) is 14.5. The van der Waals surface area contributed by atoms with E-state index >= 15 is 0 Å². The molecule has 1 aromatic rings. The summed E-state index contributed by atoms with van der Waals surface area (Å²) in [5, 5.41) is 3.63. The van der Waals surface area contributed by atoms with Crippen LogP contribution in [0.15, 0.2) is 12.3 Å². The third-order valence-corrected chi connectivity index (χ3v) is 7.03. The lowest BCUT2D eigenvalue weighted by atomic mass is 9.84. The van der Waals surface area contributed by atoms with Crippen LogP contribution < -0.4 is 10.2 Å². The van der Waals surface area contributed by atoms with Crippen molar-refractivity contribution >= 4 is 11.8 Å². The molecule has 150 valence electrons. The molecule has 0 aromatic carbocycles. The number of nitrogens with one attached hydrogen (secondary N) is 1. The molecule has 0 amide bonds. The Morgan fingerprint density at radius 2 is 1.70 bits per heavy atom. The molecule has 0 radical (unpaired) electrons. The fourth-order valence-corrected chi connectivity index (χ4v) is 5.27. The number of rotatable bonds is 5. The van der Waals surface area contributed by atoms with Gasteiger partial charge in [-0.05, 0) is 51.0 Å². The lowest BCUT2D eigenvalue weighted by Gasteiger charge is -2.34. The van der Waals surface area contributed by atoms with Gasteiger partial charge in [0.15, 0.2) is 0 Å². The summed E-state index contributed by atoms with van der Waals surface area (Å²) in [6, 6.07) is 3.28. The normalized spacial score (nSPS) is 26.7. The Morgan fingerprint density at radius 1 is 0.963 bits per heavy atom. The third-order valence-electron chi connectivity index (χ3n) is 7.03. The number of hydrogen-bond acceptors (Lipinski definition) is 5. The molecule has 3 fully saturated rings. The molecule has 1 saturated carbocycles. The van der Waals surface area contributed by atoms with Crippen LogP contribution in [0, 0.1) is 5.92 Å². The largest absolute Gasteiger partial charge is 0.356 e.